The summed E-state index contributed by atoms with van der Waals surface area (Å²) in [5, 5.41) is 0. The first-order chi connectivity index (χ1) is 0. The van der Waals surface area contributed by atoms with Crippen molar-refractivity contribution in [1.29, 1.82) is 0 Å². The molecule has 0 rings (SSSR count). The molecular weight excluding hydrogens is 473 g/mol. The van der Waals surface area contributed by atoms with Gasteiger partial charge in [0, 0.05) is 0 Å². The van der Waals surface area contributed by atoms with Crippen LogP contribution in [0.4, 0.5) is 0 Å². The second kappa shape index (κ2) is 56.1. The van der Waals surface area contributed by atoms with Gasteiger partial charge in [-0.15, -0.1) is 0 Å². The van der Waals surface area contributed by atoms with E-state index < -0.39 is 0 Å². The van der Waals surface area contributed by atoms with Gasteiger partial charge in [-0.1, -0.05) is 0 Å². The van der Waals surface area contributed by atoms with Gasteiger partial charge in [0.05, 0.1) is 0 Å². The van der Waals surface area contributed by atoms with E-state index in [1.165, 1.54) is 0 Å². The van der Waals surface area contributed by atoms with Crippen LogP contribution in [-0.4, -0.2) is 87.7 Å². The zero-order chi connectivity index (χ0) is 0. The summed E-state index contributed by atoms with van der Waals surface area (Å²) in [5.74, 6) is 0. The molecule has 0 saturated carbocycles. The van der Waals surface area contributed by atoms with Crippen molar-refractivity contribution in [2.75, 3.05) is 0 Å². The van der Waals surface area contributed by atoms with Gasteiger partial charge in [-0.05, 0) is 0 Å². The number of rotatable bonds is 0. The fraction of sp³-hybridized carbons (Fsp3) is 0. The molecule has 0 bridgehead atoms. The molecule has 0 aliphatic rings. The summed E-state index contributed by atoms with van der Waals surface area (Å²) in [5.41, 5.74) is 0. The monoisotopic (exact) mass is 486 g/mol. The van der Waals surface area contributed by atoms with E-state index in [4.69, 9.17) is 0 Å². The van der Waals surface area contributed by atoms with E-state index in [2.05, 4.69) is 0 Å². The van der Waals surface area contributed by atoms with Crippen LogP contribution in [0.2, 0.25) is 0 Å². The third kappa shape index (κ3) is 34.1. The summed E-state index contributed by atoms with van der Waals surface area (Å²) in [6.45, 7) is 0. The van der Waals surface area contributed by atoms with E-state index in [1.807, 2.05) is 0 Å². The molecule has 42 valence electrons. The summed E-state index contributed by atoms with van der Waals surface area (Å²) in [6, 6.07) is 0. The van der Waals surface area contributed by atoms with E-state index >= 15 is 0 Å². The predicted octanol–water partition coefficient (Wildman–Crippen LogP) is -5.49. The van der Waals surface area contributed by atoms with Gasteiger partial charge in [0.1, 0.15) is 0 Å². The van der Waals surface area contributed by atoms with E-state index in [1.54, 1.807) is 0 Å². The third-order valence-corrected chi connectivity index (χ3v) is 0. The molecule has 0 aliphatic heterocycles. The van der Waals surface area contributed by atoms with Crippen LogP contribution in [0.15, 0.2) is 0 Å². The van der Waals surface area contributed by atoms with Crippen molar-refractivity contribution in [3.05, 3.63) is 0 Å². The molecule has 0 aromatic heterocycles. The molecule has 6 heavy (non-hydrogen) atoms. The topological polar surface area (TPSA) is 94.5 Å². The van der Waals surface area contributed by atoms with Gasteiger partial charge in [0.25, 0.3) is 0 Å². The Bertz CT molecular complexity index is 8.75. The van der Waals surface area contributed by atoms with Gasteiger partial charge in [0.15, 0.2) is 0 Å². The summed E-state index contributed by atoms with van der Waals surface area (Å²) >= 11 is 0. The molecule has 0 saturated heterocycles. The van der Waals surface area contributed by atoms with E-state index in [0.717, 1.165) is 0 Å². The van der Waals surface area contributed by atoms with E-state index in [0.29, 0.717) is 0 Å². The van der Waals surface area contributed by atoms with Crippen LogP contribution < -0.4 is 0 Å². The van der Waals surface area contributed by atoms with Gasteiger partial charge < -0.3 is 16.4 Å². The van der Waals surface area contributed by atoms with Gasteiger partial charge in [0.2, 0.25) is 0 Å². The number of hydrogen-bond acceptors (Lipinski definition) is 0. The molecule has 0 aliphatic carbocycles. The zero-order valence-electron chi connectivity index (χ0n) is 2.91. The van der Waals surface area contributed by atoms with Crippen LogP contribution in [0.1, 0.15) is 0 Å². The Kier molecular flexibility index (Phi) is 803. The molecule has 0 amide bonds. The zero-order valence-corrected chi connectivity index (χ0v) is 13.9. The van der Waals surface area contributed by atoms with Crippen molar-refractivity contribution in [3.63, 3.8) is 0 Å². The molecule has 0 spiro atoms. The van der Waals surface area contributed by atoms with Crippen LogP contribution >= 0.6 is 0 Å². The minimum absolute atomic E-state index is 0. The van der Waals surface area contributed by atoms with Crippen molar-refractivity contribution in [2.24, 2.45) is 0 Å². The van der Waals surface area contributed by atoms with Crippen molar-refractivity contribution >= 4 is 71.3 Å². The first kappa shape index (κ1) is 85.9. The van der Waals surface area contributed by atoms with Crippen LogP contribution in [0.25, 0.3) is 0 Å². The average molecular weight is 486 g/mol. The summed E-state index contributed by atoms with van der Waals surface area (Å²) in [6.07, 6.45) is 0. The Balaban J connectivity index is 0. The first-order valence-electron chi connectivity index (χ1n) is 0. The molecule has 0 atom stereocenters. The molecule has 0 heterocycles. The quantitative estimate of drug-likeness (QED) is 0.306. The fourth-order valence-corrected chi connectivity index (χ4v) is 0. The summed E-state index contributed by atoms with van der Waals surface area (Å²) < 4.78 is 0. The predicted molar refractivity (Wildman–Crippen MR) is 37.9 cm³/mol. The molecule has 0 fully saturated rings. The summed E-state index contributed by atoms with van der Waals surface area (Å²) in [7, 11) is 0. The first-order valence-corrected chi connectivity index (χ1v) is 0. The number of hydrogen-bond donors (Lipinski definition) is 0. The van der Waals surface area contributed by atoms with E-state index in [9.17, 15) is 0 Å². The maximum atomic E-state index is 0. The van der Waals surface area contributed by atoms with Crippen molar-refractivity contribution in [2.45, 2.75) is 0 Å². The maximum absolute atomic E-state index is 0. The van der Waals surface area contributed by atoms with E-state index in [-0.39, 0.29) is 87.7 Å². The Morgan fingerprint density at radius 1 is 0.500 bits per heavy atom. The van der Waals surface area contributed by atoms with Gasteiger partial charge in [-0.25, -0.2) is 0 Å². The van der Waals surface area contributed by atoms with Crippen molar-refractivity contribution in [1.82, 2.24) is 0 Å². The van der Waals surface area contributed by atoms with Crippen molar-refractivity contribution in [3.8, 4) is 0 Å². The normalized spacial score (nSPS) is 0. The second-order valence-corrected chi connectivity index (χ2v) is 0. The molecule has 0 unspecified atom stereocenters. The van der Waals surface area contributed by atoms with Gasteiger partial charge >= 0.3 is 71.3 Å². The third-order valence-electron chi connectivity index (χ3n) is 0. The standard InChI is InChI=1S/2Bi.Li.3H2O.7H/h;;;3*1H2;;;;;;;. The molecule has 3 nitrogen and oxygen atoms in total. The Hall–Kier alpha value is 2.24. The Labute approximate surface area is 86.6 Å². The van der Waals surface area contributed by atoms with Crippen LogP contribution in [0.5, 0.6) is 0 Å². The van der Waals surface area contributed by atoms with Crippen LogP contribution in [0.3, 0.4) is 0 Å². The molecule has 6 N–H and O–H groups in total. The van der Waals surface area contributed by atoms with Crippen LogP contribution in [-0.2, 0) is 0 Å². The molecule has 0 radical (unpaired) electrons. The molecule has 0 aromatic rings. The van der Waals surface area contributed by atoms with Crippen molar-refractivity contribution < 1.29 is 16.4 Å². The Morgan fingerprint density at radius 3 is 0.500 bits per heavy atom. The molecule has 0 aromatic carbocycles. The fourth-order valence-electron chi connectivity index (χ4n) is 0. The van der Waals surface area contributed by atoms with Gasteiger partial charge in [-0.3, -0.25) is 0 Å². The molecular formula is H13Bi2LiO3. The minimum atomic E-state index is 0. The average Bonchev–Trinajstić information content (AvgIpc) is 0. The van der Waals surface area contributed by atoms with Gasteiger partial charge in [-0.2, -0.15) is 0 Å². The molecule has 6 heteroatoms. The second-order valence-electron chi connectivity index (χ2n) is 0. The SMILES string of the molecule is O.O.O.[BiH3].[BiH3].[LiH]. The Morgan fingerprint density at radius 2 is 0.500 bits per heavy atom. The van der Waals surface area contributed by atoms with Crippen LogP contribution in [0, 0.1) is 0 Å². The summed E-state index contributed by atoms with van der Waals surface area (Å²) in [4.78, 5) is 0.